The maximum absolute atomic E-state index is 12.6. The van der Waals surface area contributed by atoms with Crippen molar-refractivity contribution in [3.8, 4) is 11.3 Å². The molecule has 6 heteroatoms. The second-order valence-electron chi connectivity index (χ2n) is 5.63. The number of rotatable bonds is 6. The van der Waals surface area contributed by atoms with Crippen LogP contribution < -0.4 is 0 Å². The van der Waals surface area contributed by atoms with Gasteiger partial charge in [0.25, 0.3) is 0 Å². The normalized spacial score (nSPS) is 15.3. The van der Waals surface area contributed by atoms with Gasteiger partial charge in [-0.25, -0.2) is 0 Å². The summed E-state index contributed by atoms with van der Waals surface area (Å²) in [4.78, 5) is 35.0. The van der Waals surface area contributed by atoms with Gasteiger partial charge in [-0.05, 0) is 30.5 Å². The number of carbonyl (C=O) groups excluding carboxylic acids is 1. The molecule has 0 unspecified atom stereocenters. The topological polar surface area (TPSA) is 96.6 Å². The Bertz CT molecular complexity index is 759. The first-order valence-electron chi connectivity index (χ1n) is 7.20. The van der Waals surface area contributed by atoms with E-state index in [4.69, 9.17) is 10.2 Å². The molecule has 2 N–H and O–H groups in total. The summed E-state index contributed by atoms with van der Waals surface area (Å²) in [7, 11) is 0. The number of nitrogens with zero attached hydrogens (tertiary/aromatic N) is 1. The Morgan fingerprint density at radius 2 is 1.57 bits per heavy atom. The molecule has 23 heavy (non-hydrogen) atoms. The maximum atomic E-state index is 12.6. The molecule has 2 aromatic rings. The van der Waals surface area contributed by atoms with Gasteiger partial charge in [-0.1, -0.05) is 30.3 Å². The molecule has 0 bridgehead atoms. The number of aromatic nitrogens is 1. The van der Waals surface area contributed by atoms with E-state index in [1.807, 2.05) is 36.4 Å². The molecule has 118 valence electrons. The third-order valence-corrected chi connectivity index (χ3v) is 4.22. The number of carboxylic acid groups (broad SMARTS) is 2. The van der Waals surface area contributed by atoms with Crippen molar-refractivity contribution < 1.29 is 24.6 Å². The molecular weight excluding hydrogens is 298 g/mol. The zero-order valence-electron chi connectivity index (χ0n) is 12.2. The number of carbonyl (C=O) groups is 3. The first kappa shape index (κ1) is 15.0. The van der Waals surface area contributed by atoms with Crippen molar-refractivity contribution in [1.82, 2.24) is 4.57 Å². The molecular formula is C17H15NO5. The molecule has 0 aliphatic heterocycles. The summed E-state index contributed by atoms with van der Waals surface area (Å²) in [6.45, 7) is 0. The highest BCUT2D eigenvalue weighted by Crippen LogP contribution is 2.48. The molecule has 0 spiro atoms. The molecule has 0 amide bonds. The molecule has 1 aliphatic carbocycles. The van der Waals surface area contributed by atoms with E-state index in [1.54, 1.807) is 16.8 Å². The third kappa shape index (κ3) is 2.42. The van der Waals surface area contributed by atoms with Gasteiger partial charge in [0, 0.05) is 11.9 Å². The molecule has 6 nitrogen and oxygen atoms in total. The van der Waals surface area contributed by atoms with Gasteiger partial charge < -0.3 is 14.8 Å². The van der Waals surface area contributed by atoms with E-state index in [1.165, 1.54) is 0 Å². The number of ketones is 1. The Morgan fingerprint density at radius 3 is 2.09 bits per heavy atom. The van der Waals surface area contributed by atoms with E-state index < -0.39 is 29.2 Å². The highest BCUT2D eigenvalue weighted by Gasteiger charge is 2.57. The number of aliphatic carboxylic acids is 2. The van der Waals surface area contributed by atoms with Crippen LogP contribution >= 0.6 is 0 Å². The van der Waals surface area contributed by atoms with E-state index in [0.717, 1.165) is 11.3 Å². The SMILES string of the molecule is O=C(O)C(C(=O)O)C(=O)C1(n2cccc2-c2ccccc2)CC1. The van der Waals surface area contributed by atoms with Crippen molar-refractivity contribution >= 4 is 17.7 Å². The van der Waals surface area contributed by atoms with Crippen LogP contribution in [0.5, 0.6) is 0 Å². The Kier molecular flexibility index (Phi) is 3.52. The van der Waals surface area contributed by atoms with Gasteiger partial charge in [0.15, 0.2) is 5.78 Å². The van der Waals surface area contributed by atoms with Crippen LogP contribution in [0.2, 0.25) is 0 Å². The maximum Gasteiger partial charge on any atom is 0.325 e. The Balaban J connectivity index is 2.03. The van der Waals surface area contributed by atoms with Crippen molar-refractivity contribution in [3.63, 3.8) is 0 Å². The van der Waals surface area contributed by atoms with Gasteiger partial charge in [0.2, 0.25) is 5.92 Å². The number of Topliss-reactive ketones (excluding diaryl/α,β-unsaturated/α-hetero) is 1. The average Bonchev–Trinajstić information content (AvgIpc) is 3.17. The minimum absolute atomic E-state index is 0.442. The first-order chi connectivity index (χ1) is 11.0. The molecule has 3 rings (SSSR count). The predicted octanol–water partition coefficient (Wildman–Crippen LogP) is 2.00. The molecule has 0 atom stereocenters. The lowest BCUT2D eigenvalue weighted by molar-refractivity contribution is -0.159. The van der Waals surface area contributed by atoms with Crippen LogP contribution in [0.25, 0.3) is 11.3 Å². The van der Waals surface area contributed by atoms with Crippen molar-refractivity contribution in [3.05, 3.63) is 48.7 Å². The van der Waals surface area contributed by atoms with Gasteiger partial charge in [0.05, 0.1) is 0 Å². The van der Waals surface area contributed by atoms with Crippen LogP contribution in [-0.2, 0) is 19.9 Å². The van der Waals surface area contributed by atoms with Crippen molar-refractivity contribution in [2.45, 2.75) is 18.4 Å². The lowest BCUT2D eigenvalue weighted by atomic mass is 9.95. The number of benzene rings is 1. The van der Waals surface area contributed by atoms with Crippen LogP contribution in [0, 0.1) is 5.92 Å². The number of hydrogen-bond acceptors (Lipinski definition) is 3. The summed E-state index contributed by atoms with van der Waals surface area (Å²) in [6, 6.07) is 13.0. The van der Waals surface area contributed by atoms with Gasteiger partial charge in [-0.3, -0.25) is 14.4 Å². The molecule has 0 radical (unpaired) electrons. The predicted molar refractivity (Wildman–Crippen MR) is 80.8 cm³/mol. The highest BCUT2D eigenvalue weighted by atomic mass is 16.4. The average molecular weight is 313 g/mol. The highest BCUT2D eigenvalue weighted by molar-refractivity contribution is 6.17. The summed E-state index contributed by atoms with van der Waals surface area (Å²) < 4.78 is 1.71. The monoisotopic (exact) mass is 313 g/mol. The van der Waals surface area contributed by atoms with Crippen LogP contribution in [0.15, 0.2) is 48.7 Å². The zero-order chi connectivity index (χ0) is 16.6. The van der Waals surface area contributed by atoms with Crippen LogP contribution in [0.3, 0.4) is 0 Å². The molecule has 1 aliphatic rings. The molecule has 1 aromatic carbocycles. The fourth-order valence-corrected chi connectivity index (χ4v) is 2.92. The Labute approximate surface area is 132 Å². The van der Waals surface area contributed by atoms with Gasteiger partial charge in [-0.15, -0.1) is 0 Å². The lowest BCUT2D eigenvalue weighted by Crippen LogP contribution is -2.41. The zero-order valence-corrected chi connectivity index (χ0v) is 12.2. The van der Waals surface area contributed by atoms with Gasteiger partial charge >= 0.3 is 11.9 Å². The molecule has 0 saturated heterocycles. The quantitative estimate of drug-likeness (QED) is 0.795. The summed E-state index contributed by atoms with van der Waals surface area (Å²) in [5, 5.41) is 18.2. The fraction of sp³-hybridized carbons (Fsp3) is 0.235. The molecule has 1 aromatic heterocycles. The Morgan fingerprint density at radius 1 is 0.957 bits per heavy atom. The molecule has 1 heterocycles. The second-order valence-corrected chi connectivity index (χ2v) is 5.63. The minimum Gasteiger partial charge on any atom is -0.480 e. The van der Waals surface area contributed by atoms with Crippen molar-refractivity contribution in [2.24, 2.45) is 5.92 Å². The summed E-state index contributed by atoms with van der Waals surface area (Å²) >= 11 is 0. The van der Waals surface area contributed by atoms with Crippen LogP contribution in [0.1, 0.15) is 12.8 Å². The van der Waals surface area contributed by atoms with Gasteiger partial charge in [0.1, 0.15) is 5.54 Å². The summed E-state index contributed by atoms with van der Waals surface area (Å²) in [5.74, 6) is -6.06. The first-order valence-corrected chi connectivity index (χ1v) is 7.20. The fourth-order valence-electron chi connectivity index (χ4n) is 2.92. The van der Waals surface area contributed by atoms with Crippen LogP contribution in [0.4, 0.5) is 0 Å². The van der Waals surface area contributed by atoms with E-state index in [-0.39, 0.29) is 0 Å². The van der Waals surface area contributed by atoms with Gasteiger partial charge in [-0.2, -0.15) is 0 Å². The summed E-state index contributed by atoms with van der Waals surface area (Å²) in [6.07, 6.45) is 2.59. The van der Waals surface area contributed by atoms with E-state index in [2.05, 4.69) is 0 Å². The van der Waals surface area contributed by atoms with Crippen LogP contribution in [-0.4, -0.2) is 32.5 Å². The van der Waals surface area contributed by atoms with E-state index in [9.17, 15) is 14.4 Å². The smallest absolute Gasteiger partial charge is 0.325 e. The van der Waals surface area contributed by atoms with E-state index in [0.29, 0.717) is 12.8 Å². The lowest BCUT2D eigenvalue weighted by Gasteiger charge is -2.22. The Hall–Kier alpha value is -2.89. The summed E-state index contributed by atoms with van der Waals surface area (Å²) in [5.41, 5.74) is 0.584. The van der Waals surface area contributed by atoms with Crippen molar-refractivity contribution in [2.75, 3.05) is 0 Å². The largest absolute Gasteiger partial charge is 0.480 e. The number of carboxylic acids is 2. The molecule has 1 saturated carbocycles. The van der Waals surface area contributed by atoms with Crippen molar-refractivity contribution in [1.29, 1.82) is 0 Å². The third-order valence-electron chi connectivity index (χ3n) is 4.22. The minimum atomic E-state index is -2.04. The number of hydrogen-bond donors (Lipinski definition) is 2. The second kappa shape index (κ2) is 5.39. The molecule has 1 fully saturated rings. The van der Waals surface area contributed by atoms with E-state index >= 15 is 0 Å². The standard InChI is InChI=1S/C17H15NO5/c19-14(13(15(20)21)16(22)23)17(8-9-17)18-10-4-7-12(18)11-5-2-1-3-6-11/h1-7,10,13H,8-9H2,(H,20,21)(H,22,23).